The summed E-state index contributed by atoms with van der Waals surface area (Å²) in [6, 6.07) is 13.3. The summed E-state index contributed by atoms with van der Waals surface area (Å²) in [5.41, 5.74) is 2.37. The topological polar surface area (TPSA) is 66.6 Å². The monoisotopic (exact) mass is 383 g/mol. The molecule has 27 heavy (non-hydrogen) atoms. The van der Waals surface area contributed by atoms with Gasteiger partial charge in [0.05, 0.1) is 26.2 Å². The third kappa shape index (κ3) is 2.98. The van der Waals surface area contributed by atoms with Crippen LogP contribution in [0.15, 0.2) is 53.3 Å². The number of aromatic nitrogens is 1. The van der Waals surface area contributed by atoms with E-state index in [4.69, 9.17) is 21.3 Å². The fourth-order valence-electron chi connectivity index (χ4n) is 3.25. The number of hydrogen-bond acceptors (Lipinski definition) is 5. The number of ether oxygens (including phenoxy) is 2. The van der Waals surface area contributed by atoms with Crippen molar-refractivity contribution in [2.45, 2.75) is 0 Å². The van der Waals surface area contributed by atoms with Crippen LogP contribution in [0, 0.1) is 0 Å². The third-order valence-electron chi connectivity index (χ3n) is 4.53. The Labute approximate surface area is 161 Å². The molecule has 0 amide bonds. The lowest BCUT2D eigenvalue weighted by Gasteiger charge is -2.26. The first-order valence-electron chi connectivity index (χ1n) is 8.40. The van der Waals surface area contributed by atoms with Crippen LogP contribution in [0.25, 0.3) is 16.5 Å². The number of anilines is 2. The maximum Gasteiger partial charge on any atom is 0.257 e. The fraction of sp³-hybridized carbons (Fsp3) is 0.150. The number of nitrogens with zero attached hydrogens (tertiary/aromatic N) is 1. The van der Waals surface area contributed by atoms with Crippen LogP contribution in [0.2, 0.25) is 0 Å². The summed E-state index contributed by atoms with van der Waals surface area (Å²) in [4.78, 5) is 15.5. The number of H-pyrrole nitrogens is 1. The Morgan fingerprint density at radius 1 is 1.07 bits per heavy atom. The molecule has 0 atom stereocenters. The predicted molar refractivity (Wildman–Crippen MR) is 109 cm³/mol. The van der Waals surface area contributed by atoms with Crippen molar-refractivity contribution >= 4 is 39.8 Å². The molecule has 1 aromatic heterocycles. The van der Waals surface area contributed by atoms with Crippen molar-refractivity contribution in [2.24, 2.45) is 0 Å². The number of nitrogens with one attached hydrogen (secondary N) is 2. The summed E-state index contributed by atoms with van der Waals surface area (Å²) in [6.07, 6.45) is 1.98. The minimum atomic E-state index is -0.240. The fourth-order valence-corrected chi connectivity index (χ4v) is 3.44. The highest BCUT2D eigenvalue weighted by molar-refractivity contribution is 6.27. The maximum absolute atomic E-state index is 12.7. The SMILES string of the molecule is COc1cc2c3c([nH]c(=O)c2cc1OC)N(Cl)CC=C3Nc1ccccc1. The zero-order valence-corrected chi connectivity index (χ0v) is 15.6. The van der Waals surface area contributed by atoms with Gasteiger partial charge in [0.15, 0.2) is 11.5 Å². The Kier molecular flexibility index (Phi) is 4.41. The normalized spacial score (nSPS) is 13.1. The second-order valence-corrected chi connectivity index (χ2v) is 6.49. The van der Waals surface area contributed by atoms with Gasteiger partial charge in [0, 0.05) is 34.1 Å². The van der Waals surface area contributed by atoms with Gasteiger partial charge in [-0.05, 0) is 30.3 Å². The number of methoxy groups -OCH3 is 2. The van der Waals surface area contributed by atoms with E-state index in [1.165, 1.54) is 4.42 Å². The average molecular weight is 384 g/mol. The molecule has 7 heteroatoms. The van der Waals surface area contributed by atoms with Crippen molar-refractivity contribution in [3.05, 3.63) is 64.5 Å². The molecule has 0 saturated carbocycles. The van der Waals surface area contributed by atoms with E-state index in [9.17, 15) is 4.79 Å². The lowest BCUT2D eigenvalue weighted by atomic mass is 10.0. The van der Waals surface area contributed by atoms with E-state index >= 15 is 0 Å². The molecule has 0 unspecified atom stereocenters. The van der Waals surface area contributed by atoms with Crippen LogP contribution in [-0.2, 0) is 0 Å². The molecule has 0 spiro atoms. The van der Waals surface area contributed by atoms with Gasteiger partial charge in [0.1, 0.15) is 5.82 Å². The Morgan fingerprint density at radius 3 is 2.41 bits per heavy atom. The van der Waals surface area contributed by atoms with Gasteiger partial charge in [-0.1, -0.05) is 18.2 Å². The molecule has 0 aliphatic carbocycles. The molecule has 2 heterocycles. The number of fused-ring (bicyclic) bond motifs is 3. The summed E-state index contributed by atoms with van der Waals surface area (Å²) in [5.74, 6) is 1.58. The molecule has 2 aromatic carbocycles. The molecular weight excluding hydrogens is 366 g/mol. The van der Waals surface area contributed by atoms with Gasteiger partial charge in [0.2, 0.25) is 0 Å². The number of para-hydroxylation sites is 1. The zero-order chi connectivity index (χ0) is 19.0. The van der Waals surface area contributed by atoms with Crippen LogP contribution in [0.1, 0.15) is 5.56 Å². The summed E-state index contributed by atoms with van der Waals surface area (Å²) < 4.78 is 12.3. The van der Waals surface area contributed by atoms with Crippen LogP contribution >= 0.6 is 11.8 Å². The summed E-state index contributed by atoms with van der Waals surface area (Å²) in [6.45, 7) is 0.457. The quantitative estimate of drug-likeness (QED) is 0.667. The van der Waals surface area contributed by atoms with E-state index in [1.54, 1.807) is 26.4 Å². The van der Waals surface area contributed by atoms with Crippen LogP contribution in [0.3, 0.4) is 0 Å². The molecular formula is C20H18ClN3O3. The molecule has 0 saturated heterocycles. The molecule has 0 radical (unpaired) electrons. The van der Waals surface area contributed by atoms with Gasteiger partial charge in [-0.2, -0.15) is 0 Å². The lowest BCUT2D eigenvalue weighted by molar-refractivity contribution is 0.356. The Balaban J connectivity index is 1.97. The van der Waals surface area contributed by atoms with Gasteiger partial charge < -0.3 is 19.8 Å². The molecule has 2 N–H and O–H groups in total. The van der Waals surface area contributed by atoms with Crippen molar-refractivity contribution in [2.75, 3.05) is 30.5 Å². The number of aromatic amines is 1. The minimum absolute atomic E-state index is 0.240. The smallest absolute Gasteiger partial charge is 0.257 e. The van der Waals surface area contributed by atoms with Crippen molar-refractivity contribution in [3.8, 4) is 11.5 Å². The van der Waals surface area contributed by atoms with Crippen molar-refractivity contribution in [3.63, 3.8) is 0 Å². The maximum atomic E-state index is 12.7. The van der Waals surface area contributed by atoms with E-state index in [-0.39, 0.29) is 5.56 Å². The van der Waals surface area contributed by atoms with Crippen molar-refractivity contribution in [1.29, 1.82) is 0 Å². The number of pyridine rings is 1. The average Bonchev–Trinajstić information content (AvgIpc) is 2.70. The molecule has 0 bridgehead atoms. The van der Waals surface area contributed by atoms with Crippen LogP contribution < -0.4 is 24.8 Å². The van der Waals surface area contributed by atoms with Gasteiger partial charge in [-0.25, -0.2) is 0 Å². The molecule has 0 fully saturated rings. The molecule has 1 aliphatic rings. The van der Waals surface area contributed by atoms with Crippen LogP contribution in [0.5, 0.6) is 11.5 Å². The minimum Gasteiger partial charge on any atom is -0.493 e. The lowest BCUT2D eigenvalue weighted by Crippen LogP contribution is -2.24. The van der Waals surface area contributed by atoms with E-state index < -0.39 is 0 Å². The molecule has 3 aromatic rings. The van der Waals surface area contributed by atoms with E-state index in [2.05, 4.69) is 10.3 Å². The van der Waals surface area contributed by atoms with Gasteiger partial charge >= 0.3 is 0 Å². The van der Waals surface area contributed by atoms with Gasteiger partial charge in [0.25, 0.3) is 5.56 Å². The predicted octanol–water partition coefficient (Wildman–Crippen LogP) is 3.97. The summed E-state index contributed by atoms with van der Waals surface area (Å²) >= 11 is 6.35. The number of benzene rings is 2. The van der Waals surface area contributed by atoms with Gasteiger partial charge in [-0.3, -0.25) is 9.21 Å². The van der Waals surface area contributed by atoms with Crippen molar-refractivity contribution < 1.29 is 9.47 Å². The number of halogens is 1. The second-order valence-electron chi connectivity index (χ2n) is 6.08. The number of hydrogen-bond donors (Lipinski definition) is 2. The number of rotatable bonds is 4. The highest BCUT2D eigenvalue weighted by Crippen LogP contribution is 2.39. The Morgan fingerprint density at radius 2 is 1.74 bits per heavy atom. The van der Waals surface area contributed by atoms with Crippen LogP contribution in [0.4, 0.5) is 11.5 Å². The van der Waals surface area contributed by atoms with Gasteiger partial charge in [-0.15, -0.1) is 0 Å². The second kappa shape index (κ2) is 6.89. The van der Waals surface area contributed by atoms with Crippen molar-refractivity contribution in [1.82, 2.24) is 4.98 Å². The Bertz CT molecular complexity index is 1090. The zero-order valence-electron chi connectivity index (χ0n) is 14.9. The standard InChI is InChI=1S/C20H18ClN3O3/c1-26-16-10-13-14(11-17(16)27-2)20(25)23-19-18(13)15(8-9-24(19)21)22-12-6-4-3-5-7-12/h3-8,10-11,22H,9H2,1-2H3,(H,23,25). The highest BCUT2D eigenvalue weighted by Gasteiger charge is 2.24. The molecule has 1 aliphatic heterocycles. The molecule has 6 nitrogen and oxygen atoms in total. The summed E-state index contributed by atoms with van der Waals surface area (Å²) in [7, 11) is 3.11. The first kappa shape index (κ1) is 17.3. The van der Waals surface area contributed by atoms with E-state index in [0.717, 1.165) is 22.3 Å². The molecule has 138 valence electrons. The summed E-state index contributed by atoms with van der Waals surface area (Å²) in [5, 5.41) is 4.64. The highest BCUT2D eigenvalue weighted by atomic mass is 35.5. The van der Waals surface area contributed by atoms with E-state index in [0.29, 0.717) is 29.2 Å². The van der Waals surface area contributed by atoms with E-state index in [1.807, 2.05) is 36.4 Å². The Hall–Kier alpha value is -3.12. The van der Waals surface area contributed by atoms with Crippen LogP contribution in [-0.4, -0.2) is 25.7 Å². The first-order valence-corrected chi connectivity index (χ1v) is 8.74. The first-order chi connectivity index (χ1) is 13.1. The largest absolute Gasteiger partial charge is 0.493 e. The third-order valence-corrected chi connectivity index (χ3v) is 4.83. The molecule has 4 rings (SSSR count).